The van der Waals surface area contributed by atoms with Crippen LogP contribution in [0.1, 0.15) is 23.1 Å². The van der Waals surface area contributed by atoms with Crippen molar-refractivity contribution in [1.82, 2.24) is 15.3 Å². The number of hydrogen-bond donors (Lipinski definition) is 2. The van der Waals surface area contributed by atoms with Gasteiger partial charge in [-0.15, -0.1) is 0 Å². The van der Waals surface area contributed by atoms with Gasteiger partial charge in [-0.2, -0.15) is 0 Å². The molecule has 2 N–H and O–H groups in total. The fraction of sp³-hybridized carbons (Fsp3) is 0.367. The van der Waals surface area contributed by atoms with Crippen molar-refractivity contribution in [1.29, 1.82) is 0 Å². The van der Waals surface area contributed by atoms with Gasteiger partial charge >= 0.3 is 12.1 Å². The highest BCUT2D eigenvalue weighted by Crippen LogP contribution is 2.32. The van der Waals surface area contributed by atoms with Gasteiger partial charge in [-0.3, -0.25) is 9.69 Å². The molecule has 0 spiro atoms. The maximum absolute atomic E-state index is 14.8. The number of rotatable bonds is 11. The Balaban J connectivity index is 0.926. The predicted molar refractivity (Wildman–Crippen MR) is 150 cm³/mol. The van der Waals surface area contributed by atoms with Gasteiger partial charge in [-0.25, -0.2) is 23.9 Å². The molecule has 3 aliphatic rings. The quantitative estimate of drug-likeness (QED) is 0.253. The number of benzene rings is 2. The summed E-state index contributed by atoms with van der Waals surface area (Å²) >= 11 is 0. The number of nitrogens with zero attached hydrogens (tertiary/aromatic N) is 3. The topological polar surface area (TPSA) is 141 Å². The van der Waals surface area contributed by atoms with Crippen molar-refractivity contribution in [3.05, 3.63) is 71.2 Å². The lowest BCUT2D eigenvalue weighted by Crippen LogP contribution is -2.30. The van der Waals surface area contributed by atoms with Gasteiger partial charge in [0.1, 0.15) is 24.3 Å². The zero-order valence-electron chi connectivity index (χ0n) is 23.2. The molecule has 2 amide bonds. The number of carbonyl (C=O) groups is 3. The Morgan fingerprint density at radius 1 is 1.19 bits per heavy atom. The molecule has 1 fully saturated rings. The van der Waals surface area contributed by atoms with Crippen LogP contribution < -0.4 is 25.0 Å². The van der Waals surface area contributed by atoms with Crippen molar-refractivity contribution in [2.24, 2.45) is 5.92 Å². The van der Waals surface area contributed by atoms with E-state index >= 15 is 0 Å². The van der Waals surface area contributed by atoms with Crippen LogP contribution in [0.3, 0.4) is 0 Å². The second kappa shape index (κ2) is 12.6. The van der Waals surface area contributed by atoms with Crippen molar-refractivity contribution < 1.29 is 37.7 Å². The third kappa shape index (κ3) is 6.83. The molecule has 1 aromatic heterocycles. The van der Waals surface area contributed by atoms with Gasteiger partial charge < -0.3 is 29.6 Å². The molecule has 13 heteroatoms. The Bertz CT molecular complexity index is 1520. The van der Waals surface area contributed by atoms with E-state index in [1.165, 1.54) is 17.2 Å². The summed E-state index contributed by atoms with van der Waals surface area (Å²) in [5, 5.41) is 5.97. The molecule has 2 aliphatic heterocycles. The predicted octanol–water partition coefficient (Wildman–Crippen LogP) is 2.79. The van der Waals surface area contributed by atoms with Crippen LogP contribution in [-0.4, -0.2) is 66.9 Å². The Hall–Kier alpha value is -4.78. The van der Waals surface area contributed by atoms with Gasteiger partial charge in [0.2, 0.25) is 0 Å². The van der Waals surface area contributed by atoms with E-state index in [0.717, 1.165) is 11.1 Å². The highest BCUT2D eigenvalue weighted by Gasteiger charge is 2.34. The summed E-state index contributed by atoms with van der Waals surface area (Å²) in [6, 6.07) is 12.4. The molecule has 6 rings (SSSR count). The van der Waals surface area contributed by atoms with Gasteiger partial charge in [0.15, 0.2) is 24.8 Å². The van der Waals surface area contributed by atoms with E-state index in [9.17, 15) is 18.8 Å². The fourth-order valence-electron chi connectivity index (χ4n) is 5.31. The molecular weight excluding hydrogens is 561 g/mol. The summed E-state index contributed by atoms with van der Waals surface area (Å²) in [5.41, 5.74) is 2.41. The number of esters is 1. The Morgan fingerprint density at radius 2 is 2.05 bits per heavy atom. The van der Waals surface area contributed by atoms with Gasteiger partial charge in [0.05, 0.1) is 12.7 Å². The van der Waals surface area contributed by atoms with Crippen LogP contribution in [-0.2, 0) is 38.5 Å². The molecule has 43 heavy (non-hydrogen) atoms. The van der Waals surface area contributed by atoms with Gasteiger partial charge in [-0.1, -0.05) is 30.3 Å². The minimum Gasteiger partial charge on any atom is -0.482 e. The van der Waals surface area contributed by atoms with E-state index in [1.807, 2.05) is 30.3 Å². The van der Waals surface area contributed by atoms with Crippen LogP contribution in [0.15, 0.2) is 48.7 Å². The fourth-order valence-corrected chi connectivity index (χ4v) is 5.31. The van der Waals surface area contributed by atoms with Crippen molar-refractivity contribution >= 4 is 29.6 Å². The van der Waals surface area contributed by atoms with Crippen LogP contribution in [0.5, 0.6) is 11.6 Å². The van der Waals surface area contributed by atoms with E-state index in [0.29, 0.717) is 50.2 Å². The number of cyclic esters (lactones) is 1. The normalized spacial score (nSPS) is 18.8. The number of nitrogens with one attached hydrogen (secondary N) is 2. The van der Waals surface area contributed by atoms with Crippen LogP contribution in [0.2, 0.25) is 0 Å². The largest absolute Gasteiger partial charge is 0.482 e. The smallest absolute Gasteiger partial charge is 0.415 e. The van der Waals surface area contributed by atoms with E-state index in [4.69, 9.17) is 18.9 Å². The molecule has 224 valence electrons. The lowest BCUT2D eigenvalue weighted by atomic mass is 10.1. The lowest BCUT2D eigenvalue weighted by molar-refractivity contribution is -0.147. The molecule has 12 nitrogen and oxygen atoms in total. The molecule has 2 unspecified atom stereocenters. The summed E-state index contributed by atoms with van der Waals surface area (Å²) in [6.07, 6.45) is 2.37. The van der Waals surface area contributed by atoms with Gasteiger partial charge in [0.25, 0.3) is 11.8 Å². The van der Waals surface area contributed by atoms with Crippen molar-refractivity contribution in [2.45, 2.75) is 32.0 Å². The molecule has 1 aliphatic carbocycles. The Labute approximate surface area is 246 Å². The van der Waals surface area contributed by atoms with Crippen molar-refractivity contribution in [2.75, 3.05) is 43.1 Å². The SMILES string of the molecule is O=C1COc2ncc(N3CC(CCNCC4Cc5cc(OCC(=O)OCc6ccccc6)cc(F)c5C4)OC3=O)nc2N1. The molecule has 0 bridgehead atoms. The zero-order chi connectivity index (χ0) is 29.8. The number of carbonyl (C=O) groups excluding carboxylic acids is 3. The van der Waals surface area contributed by atoms with Crippen LogP contribution in [0.4, 0.5) is 20.8 Å². The highest BCUT2D eigenvalue weighted by atomic mass is 19.1. The second-order valence-corrected chi connectivity index (χ2v) is 10.6. The molecule has 3 heterocycles. The lowest BCUT2D eigenvalue weighted by Gasteiger charge is -2.18. The maximum Gasteiger partial charge on any atom is 0.415 e. The first-order chi connectivity index (χ1) is 20.9. The van der Waals surface area contributed by atoms with E-state index < -0.39 is 12.1 Å². The summed E-state index contributed by atoms with van der Waals surface area (Å²) in [5.74, 6) is -0.0827. The highest BCUT2D eigenvalue weighted by molar-refractivity contribution is 5.94. The number of hydrogen-bond acceptors (Lipinski definition) is 10. The van der Waals surface area contributed by atoms with E-state index in [1.54, 1.807) is 6.07 Å². The first kappa shape index (κ1) is 28.3. The Morgan fingerprint density at radius 3 is 2.91 bits per heavy atom. The van der Waals surface area contributed by atoms with Crippen molar-refractivity contribution in [3.63, 3.8) is 0 Å². The molecule has 2 aromatic carbocycles. The number of amides is 2. The average Bonchev–Trinajstić information content (AvgIpc) is 3.60. The number of halogens is 1. The molecular formula is C30H30FN5O7. The van der Waals surface area contributed by atoms with E-state index in [-0.39, 0.29) is 61.1 Å². The summed E-state index contributed by atoms with van der Waals surface area (Å²) in [7, 11) is 0. The summed E-state index contributed by atoms with van der Waals surface area (Å²) in [4.78, 5) is 45.9. The summed E-state index contributed by atoms with van der Waals surface area (Å²) in [6.45, 7) is 1.27. The average molecular weight is 592 g/mol. The van der Waals surface area contributed by atoms with Gasteiger partial charge in [-0.05, 0) is 61.0 Å². The standard InChI is InChI=1S/C30H30FN5O7/c31-24-11-22(40-17-27(38)41-15-18-4-2-1-3-5-18)10-20-8-19(9-23(20)24)12-32-7-6-21-14-36(30(39)43-21)25-13-33-29-28(34-25)35-26(37)16-42-29/h1-5,10-11,13,19,21,32H,6-9,12,14-17H2,(H,34,35,37). The number of aromatic nitrogens is 2. The van der Waals surface area contributed by atoms with E-state index in [2.05, 4.69) is 20.6 Å². The van der Waals surface area contributed by atoms with Gasteiger partial charge in [0, 0.05) is 6.07 Å². The van der Waals surface area contributed by atoms with Crippen LogP contribution >= 0.6 is 0 Å². The van der Waals surface area contributed by atoms with Crippen LogP contribution in [0.25, 0.3) is 0 Å². The number of fused-ring (bicyclic) bond motifs is 2. The number of anilines is 2. The molecule has 2 atom stereocenters. The summed E-state index contributed by atoms with van der Waals surface area (Å²) < 4.78 is 36.3. The minimum absolute atomic E-state index is 0.132. The first-order valence-electron chi connectivity index (χ1n) is 14.0. The number of ether oxygens (including phenoxy) is 4. The Kier molecular flexibility index (Phi) is 8.31. The molecule has 0 saturated carbocycles. The maximum atomic E-state index is 14.8. The molecule has 0 radical (unpaired) electrons. The van der Waals surface area contributed by atoms with Crippen LogP contribution in [0, 0.1) is 11.7 Å². The second-order valence-electron chi connectivity index (χ2n) is 10.6. The first-order valence-corrected chi connectivity index (χ1v) is 14.0. The molecule has 3 aromatic rings. The molecule has 1 saturated heterocycles. The third-order valence-electron chi connectivity index (χ3n) is 7.41. The monoisotopic (exact) mass is 591 g/mol. The minimum atomic E-state index is -0.536. The zero-order valence-corrected chi connectivity index (χ0v) is 23.2. The third-order valence-corrected chi connectivity index (χ3v) is 7.41. The van der Waals surface area contributed by atoms with Crippen molar-refractivity contribution in [3.8, 4) is 11.6 Å².